The maximum absolute atomic E-state index is 6.02. The summed E-state index contributed by atoms with van der Waals surface area (Å²) in [6.07, 6.45) is 0. The van der Waals surface area contributed by atoms with Crippen LogP contribution in [0.1, 0.15) is 25.0 Å². The van der Waals surface area contributed by atoms with Crippen LogP contribution in [0.3, 0.4) is 0 Å². The molecule has 1 aromatic rings. The van der Waals surface area contributed by atoms with Crippen LogP contribution >= 0.6 is 0 Å². The molecule has 1 aliphatic heterocycles. The Morgan fingerprint density at radius 3 is 2.59 bits per heavy atom. The van der Waals surface area contributed by atoms with Gasteiger partial charge in [0.05, 0.1) is 0 Å². The van der Waals surface area contributed by atoms with Crippen molar-refractivity contribution in [2.45, 2.75) is 32.5 Å². The Morgan fingerprint density at radius 2 is 2.00 bits per heavy atom. The molecule has 0 fully saturated rings. The van der Waals surface area contributed by atoms with Crippen molar-refractivity contribution in [3.8, 4) is 0 Å². The average Bonchev–Trinajstić information content (AvgIpc) is 2.60. The highest BCUT2D eigenvalue weighted by Gasteiger charge is 2.28. The van der Waals surface area contributed by atoms with E-state index in [2.05, 4.69) is 49.9 Å². The van der Waals surface area contributed by atoms with Gasteiger partial charge in [0, 0.05) is 30.9 Å². The number of nitrogen functional groups attached to an aromatic ring is 1. The SMILES string of the molecule is CN(C)C(C)(C)CN1Cc2cccc(N)c2C1. The van der Waals surface area contributed by atoms with Crippen molar-refractivity contribution >= 4 is 5.69 Å². The number of hydrogen-bond acceptors (Lipinski definition) is 3. The van der Waals surface area contributed by atoms with Gasteiger partial charge >= 0.3 is 0 Å². The van der Waals surface area contributed by atoms with E-state index in [1.165, 1.54) is 11.1 Å². The van der Waals surface area contributed by atoms with Crippen molar-refractivity contribution in [1.82, 2.24) is 9.80 Å². The molecule has 0 aliphatic carbocycles. The van der Waals surface area contributed by atoms with Gasteiger partial charge in [-0.15, -0.1) is 0 Å². The lowest BCUT2D eigenvalue weighted by atomic mass is 10.0. The fourth-order valence-corrected chi connectivity index (χ4v) is 2.32. The molecule has 1 heterocycles. The van der Waals surface area contributed by atoms with Gasteiger partial charge in [-0.05, 0) is 45.1 Å². The normalized spacial score (nSPS) is 16.5. The van der Waals surface area contributed by atoms with Crippen LogP contribution < -0.4 is 5.73 Å². The molecule has 0 saturated heterocycles. The molecule has 0 atom stereocenters. The molecular formula is C14H23N3. The van der Waals surface area contributed by atoms with Gasteiger partial charge in [0.1, 0.15) is 0 Å². The van der Waals surface area contributed by atoms with E-state index in [-0.39, 0.29) is 5.54 Å². The summed E-state index contributed by atoms with van der Waals surface area (Å²) in [6.45, 7) is 7.63. The van der Waals surface area contributed by atoms with Gasteiger partial charge in [0.2, 0.25) is 0 Å². The molecule has 0 radical (unpaired) electrons. The molecule has 0 aromatic heterocycles. The Kier molecular flexibility index (Phi) is 3.15. The molecule has 17 heavy (non-hydrogen) atoms. The molecule has 3 heteroatoms. The van der Waals surface area contributed by atoms with E-state index in [9.17, 15) is 0 Å². The molecule has 94 valence electrons. The maximum Gasteiger partial charge on any atom is 0.0363 e. The van der Waals surface area contributed by atoms with E-state index >= 15 is 0 Å². The predicted octanol–water partition coefficient (Wildman–Crippen LogP) is 1.92. The number of benzene rings is 1. The minimum Gasteiger partial charge on any atom is -0.398 e. The molecule has 0 spiro atoms. The molecule has 0 unspecified atom stereocenters. The van der Waals surface area contributed by atoms with Gasteiger partial charge in [-0.25, -0.2) is 0 Å². The van der Waals surface area contributed by atoms with Gasteiger partial charge in [-0.3, -0.25) is 4.90 Å². The Balaban J connectivity index is 2.09. The fraction of sp³-hybridized carbons (Fsp3) is 0.571. The molecule has 2 rings (SSSR count). The molecule has 3 nitrogen and oxygen atoms in total. The van der Waals surface area contributed by atoms with E-state index in [4.69, 9.17) is 5.73 Å². The van der Waals surface area contributed by atoms with Crippen LogP contribution in [0.2, 0.25) is 0 Å². The molecule has 0 bridgehead atoms. The van der Waals surface area contributed by atoms with Crippen LogP contribution in [-0.4, -0.2) is 36.0 Å². The molecule has 0 amide bonds. The Bertz CT molecular complexity index is 410. The first-order chi connectivity index (χ1) is 7.90. The lowest BCUT2D eigenvalue weighted by Crippen LogP contribution is -2.46. The zero-order chi connectivity index (χ0) is 12.6. The second kappa shape index (κ2) is 4.31. The first kappa shape index (κ1) is 12.4. The highest BCUT2D eigenvalue weighted by Crippen LogP contribution is 2.29. The Hall–Kier alpha value is -1.06. The summed E-state index contributed by atoms with van der Waals surface area (Å²) >= 11 is 0. The highest BCUT2D eigenvalue weighted by molar-refractivity contribution is 5.52. The highest BCUT2D eigenvalue weighted by atomic mass is 15.2. The third-order valence-corrected chi connectivity index (χ3v) is 3.91. The molecule has 1 aromatic carbocycles. The number of hydrogen-bond donors (Lipinski definition) is 1. The lowest BCUT2D eigenvalue weighted by Gasteiger charge is -2.36. The summed E-state index contributed by atoms with van der Waals surface area (Å²) < 4.78 is 0. The maximum atomic E-state index is 6.02. The van der Waals surface area contributed by atoms with E-state index in [1.807, 2.05) is 6.07 Å². The Morgan fingerprint density at radius 1 is 1.29 bits per heavy atom. The fourth-order valence-electron chi connectivity index (χ4n) is 2.32. The standard InChI is InChI=1S/C14H23N3/c1-14(2,16(3)4)10-17-8-11-6-5-7-13(15)12(11)9-17/h5-7H,8-10,15H2,1-4H3. The van der Waals surface area contributed by atoms with Crippen LogP contribution in [0.15, 0.2) is 18.2 Å². The molecule has 0 saturated carbocycles. The van der Waals surface area contributed by atoms with E-state index in [1.54, 1.807) is 0 Å². The van der Waals surface area contributed by atoms with Crippen molar-refractivity contribution in [2.75, 3.05) is 26.4 Å². The van der Waals surface area contributed by atoms with Crippen LogP contribution in [0.5, 0.6) is 0 Å². The van der Waals surface area contributed by atoms with E-state index in [0.29, 0.717) is 0 Å². The number of likely N-dealkylation sites (N-methyl/N-ethyl adjacent to an activating group) is 1. The summed E-state index contributed by atoms with van der Waals surface area (Å²) in [7, 11) is 4.27. The lowest BCUT2D eigenvalue weighted by molar-refractivity contribution is 0.118. The summed E-state index contributed by atoms with van der Waals surface area (Å²) in [5.74, 6) is 0. The summed E-state index contributed by atoms with van der Waals surface area (Å²) in [6, 6.07) is 6.24. The monoisotopic (exact) mass is 233 g/mol. The quantitative estimate of drug-likeness (QED) is 0.810. The van der Waals surface area contributed by atoms with Crippen LogP contribution in [0, 0.1) is 0 Å². The number of rotatable bonds is 3. The number of nitrogens with zero attached hydrogens (tertiary/aromatic N) is 2. The largest absolute Gasteiger partial charge is 0.398 e. The average molecular weight is 233 g/mol. The zero-order valence-corrected chi connectivity index (χ0v) is 11.3. The van der Waals surface area contributed by atoms with Crippen molar-refractivity contribution < 1.29 is 0 Å². The van der Waals surface area contributed by atoms with Crippen LogP contribution in [0.4, 0.5) is 5.69 Å². The minimum absolute atomic E-state index is 0.191. The van der Waals surface area contributed by atoms with Gasteiger partial charge in [0.25, 0.3) is 0 Å². The van der Waals surface area contributed by atoms with Crippen LogP contribution in [-0.2, 0) is 13.1 Å². The molecule has 2 N–H and O–H groups in total. The second-order valence-corrected chi connectivity index (χ2v) is 5.84. The minimum atomic E-state index is 0.191. The number of nitrogens with two attached hydrogens (primary N) is 1. The third-order valence-electron chi connectivity index (χ3n) is 3.91. The van der Waals surface area contributed by atoms with Crippen LogP contribution in [0.25, 0.3) is 0 Å². The molecule has 1 aliphatic rings. The van der Waals surface area contributed by atoms with Crippen molar-refractivity contribution in [3.05, 3.63) is 29.3 Å². The van der Waals surface area contributed by atoms with Gasteiger partial charge in [0.15, 0.2) is 0 Å². The zero-order valence-electron chi connectivity index (χ0n) is 11.3. The first-order valence-electron chi connectivity index (χ1n) is 6.16. The second-order valence-electron chi connectivity index (χ2n) is 5.84. The smallest absolute Gasteiger partial charge is 0.0363 e. The summed E-state index contributed by atoms with van der Waals surface area (Å²) in [4.78, 5) is 4.75. The summed E-state index contributed by atoms with van der Waals surface area (Å²) in [5, 5.41) is 0. The number of anilines is 1. The van der Waals surface area contributed by atoms with Crippen molar-refractivity contribution in [3.63, 3.8) is 0 Å². The number of fused-ring (bicyclic) bond motifs is 1. The van der Waals surface area contributed by atoms with Gasteiger partial charge in [-0.1, -0.05) is 12.1 Å². The molecular weight excluding hydrogens is 210 g/mol. The summed E-state index contributed by atoms with van der Waals surface area (Å²) in [5.41, 5.74) is 9.86. The van der Waals surface area contributed by atoms with Gasteiger partial charge < -0.3 is 10.6 Å². The van der Waals surface area contributed by atoms with E-state index < -0.39 is 0 Å². The van der Waals surface area contributed by atoms with Gasteiger partial charge in [-0.2, -0.15) is 0 Å². The third kappa shape index (κ3) is 2.45. The predicted molar refractivity (Wildman–Crippen MR) is 72.7 cm³/mol. The van der Waals surface area contributed by atoms with Crippen molar-refractivity contribution in [1.29, 1.82) is 0 Å². The Labute approximate surface area is 104 Å². The topological polar surface area (TPSA) is 32.5 Å². The van der Waals surface area contributed by atoms with Crippen molar-refractivity contribution in [2.24, 2.45) is 0 Å². The first-order valence-corrected chi connectivity index (χ1v) is 6.16. The van der Waals surface area contributed by atoms with E-state index in [0.717, 1.165) is 25.3 Å².